The lowest BCUT2D eigenvalue weighted by Crippen LogP contribution is -2.37. The number of hydrogen-bond acceptors (Lipinski definition) is 9. The van der Waals surface area contributed by atoms with Crippen molar-refractivity contribution in [2.75, 3.05) is 33.0 Å². The molecule has 0 saturated carbocycles. The largest absolute Gasteiger partial charge is 0.464 e. The zero-order valence-electron chi connectivity index (χ0n) is 28.0. The van der Waals surface area contributed by atoms with E-state index in [0.717, 1.165) is 11.1 Å². The third-order valence-electron chi connectivity index (χ3n) is 8.51. The first kappa shape index (κ1) is 36.0. The molecule has 3 unspecified atom stereocenters. The molecule has 1 fully saturated rings. The van der Waals surface area contributed by atoms with Gasteiger partial charge in [-0.15, -0.1) is 0 Å². The molecular formula is C39H41ClN2O7. The Balaban J connectivity index is 1.46. The molecule has 0 aliphatic carbocycles. The molecule has 0 N–H and O–H groups in total. The average Bonchev–Trinajstić information content (AvgIpc) is 3.45. The molecule has 3 aromatic rings. The average molecular weight is 685 g/mol. The smallest absolute Gasteiger partial charge is 0.336 e. The second-order valence-corrected chi connectivity index (χ2v) is 12.9. The maximum Gasteiger partial charge on any atom is 0.336 e. The zero-order chi connectivity index (χ0) is 34.8. The number of nitrogens with zero attached hydrogens (tertiary/aromatic N) is 2. The van der Waals surface area contributed by atoms with Crippen LogP contribution in [0.15, 0.2) is 101 Å². The van der Waals surface area contributed by atoms with Crippen LogP contribution in [0.3, 0.4) is 0 Å². The molecule has 3 aromatic carbocycles. The number of benzene rings is 3. The van der Waals surface area contributed by atoms with Crippen LogP contribution in [-0.4, -0.2) is 62.6 Å². The summed E-state index contributed by atoms with van der Waals surface area (Å²) in [5.41, 5.74) is 3.80. The van der Waals surface area contributed by atoms with Crippen LogP contribution < -0.4 is 0 Å². The Morgan fingerprint density at radius 2 is 1.69 bits per heavy atom. The summed E-state index contributed by atoms with van der Waals surface area (Å²) in [5, 5.41) is 9.47. The van der Waals surface area contributed by atoms with Crippen molar-refractivity contribution in [2.24, 2.45) is 10.9 Å². The van der Waals surface area contributed by atoms with E-state index in [0.29, 0.717) is 35.0 Å². The Labute approximate surface area is 292 Å². The topological polar surface area (TPSA) is 116 Å². The molecule has 0 bridgehead atoms. The number of carbonyl (C=O) groups excluding carboxylic acids is 2. The lowest BCUT2D eigenvalue weighted by atomic mass is 9.75. The lowest BCUT2D eigenvalue weighted by Gasteiger charge is -2.32. The van der Waals surface area contributed by atoms with Crippen LogP contribution >= 0.6 is 11.6 Å². The summed E-state index contributed by atoms with van der Waals surface area (Å²) < 4.78 is 29.2. The summed E-state index contributed by atoms with van der Waals surface area (Å²) in [4.78, 5) is 32.6. The van der Waals surface area contributed by atoms with Gasteiger partial charge in [-0.3, -0.25) is 9.79 Å². The van der Waals surface area contributed by atoms with E-state index < -0.39 is 29.6 Å². The van der Waals surface area contributed by atoms with E-state index in [2.05, 4.69) is 24.3 Å². The van der Waals surface area contributed by atoms with E-state index in [-0.39, 0.29) is 50.4 Å². The standard InChI is InChI=1S/C39H41ClN2O7/c1-26-34(37(43)46-20-11-19-41)35(29-16-10-17-30(40)22-29)36(33(42-26)25-45-23-31-24-48-39(2,3)49-31)38(44)47-21-18-32(27-12-6-4-7-13-27)28-14-8-5-9-15-28/h4-10,12-17,22,31-32,34-35H,11,18,20-21,23-25H2,1-3H3. The van der Waals surface area contributed by atoms with Crippen molar-refractivity contribution in [3.63, 3.8) is 0 Å². The molecule has 0 spiro atoms. The molecule has 0 radical (unpaired) electrons. The highest BCUT2D eigenvalue weighted by atomic mass is 35.5. The normalized spacial score (nSPS) is 20.1. The van der Waals surface area contributed by atoms with Crippen LogP contribution in [-0.2, 0) is 33.3 Å². The summed E-state index contributed by atoms with van der Waals surface area (Å²) in [6, 6.07) is 29.2. The van der Waals surface area contributed by atoms with Crippen molar-refractivity contribution >= 4 is 29.3 Å². The van der Waals surface area contributed by atoms with Crippen molar-refractivity contribution in [3.05, 3.63) is 118 Å². The Morgan fingerprint density at radius 3 is 2.31 bits per heavy atom. The first-order valence-electron chi connectivity index (χ1n) is 16.4. The van der Waals surface area contributed by atoms with Gasteiger partial charge in [0.15, 0.2) is 5.79 Å². The Hall–Kier alpha value is -4.33. The molecule has 10 heteroatoms. The number of esters is 2. The van der Waals surface area contributed by atoms with E-state index in [1.54, 1.807) is 25.1 Å². The van der Waals surface area contributed by atoms with E-state index in [1.165, 1.54) is 0 Å². The summed E-state index contributed by atoms with van der Waals surface area (Å²) in [5.74, 6) is -3.73. The van der Waals surface area contributed by atoms with Crippen LogP contribution in [0.4, 0.5) is 0 Å². The van der Waals surface area contributed by atoms with Gasteiger partial charge in [0.25, 0.3) is 0 Å². The van der Waals surface area contributed by atoms with Crippen molar-refractivity contribution in [3.8, 4) is 6.07 Å². The first-order chi connectivity index (χ1) is 23.7. The fourth-order valence-corrected chi connectivity index (χ4v) is 6.51. The van der Waals surface area contributed by atoms with Gasteiger partial charge in [-0.1, -0.05) is 84.4 Å². The number of rotatable bonds is 14. The predicted molar refractivity (Wildman–Crippen MR) is 185 cm³/mol. The molecule has 5 rings (SSSR count). The van der Waals surface area contributed by atoms with Gasteiger partial charge in [-0.2, -0.15) is 5.26 Å². The molecule has 0 amide bonds. The fraction of sp³-hybridized carbons (Fsp3) is 0.385. The molecule has 1 saturated heterocycles. The summed E-state index contributed by atoms with van der Waals surface area (Å²) in [6.07, 6.45) is 0.269. The van der Waals surface area contributed by atoms with Gasteiger partial charge in [0.2, 0.25) is 0 Å². The minimum Gasteiger partial charge on any atom is -0.464 e. The number of halogens is 1. The third-order valence-corrected chi connectivity index (χ3v) is 8.74. The molecule has 3 atom stereocenters. The number of hydrogen-bond donors (Lipinski definition) is 0. The summed E-state index contributed by atoms with van der Waals surface area (Å²) >= 11 is 6.44. The minimum absolute atomic E-state index is 0.0110. The van der Waals surface area contributed by atoms with E-state index in [1.807, 2.05) is 62.4 Å². The highest BCUT2D eigenvalue weighted by Crippen LogP contribution is 2.41. The zero-order valence-corrected chi connectivity index (χ0v) is 28.7. The molecule has 49 heavy (non-hydrogen) atoms. The Bertz CT molecular complexity index is 1660. The molecule has 2 aliphatic heterocycles. The van der Waals surface area contributed by atoms with Gasteiger partial charge in [0.1, 0.15) is 18.6 Å². The van der Waals surface area contributed by atoms with Crippen LogP contribution in [0, 0.1) is 17.2 Å². The molecule has 256 valence electrons. The number of nitriles is 1. The maximum absolute atomic E-state index is 14.3. The second-order valence-electron chi connectivity index (χ2n) is 12.5. The molecule has 2 aliphatic rings. The summed E-state index contributed by atoms with van der Waals surface area (Å²) in [7, 11) is 0. The number of carbonyl (C=O) groups is 2. The van der Waals surface area contributed by atoms with Crippen LogP contribution in [0.5, 0.6) is 0 Å². The molecular weight excluding hydrogens is 644 g/mol. The van der Waals surface area contributed by atoms with Crippen LogP contribution in [0.25, 0.3) is 0 Å². The fourth-order valence-electron chi connectivity index (χ4n) is 6.31. The minimum atomic E-state index is -0.961. The highest BCUT2D eigenvalue weighted by molar-refractivity contribution is 6.30. The van der Waals surface area contributed by atoms with Gasteiger partial charge < -0.3 is 23.7 Å². The van der Waals surface area contributed by atoms with Crippen molar-refractivity contribution in [1.29, 1.82) is 5.26 Å². The quantitative estimate of drug-likeness (QED) is 0.130. The van der Waals surface area contributed by atoms with Crippen LogP contribution in [0.2, 0.25) is 5.02 Å². The van der Waals surface area contributed by atoms with Crippen LogP contribution in [0.1, 0.15) is 62.1 Å². The van der Waals surface area contributed by atoms with E-state index in [4.69, 9.17) is 45.5 Å². The molecule has 0 aromatic heterocycles. The highest BCUT2D eigenvalue weighted by Gasteiger charge is 2.43. The van der Waals surface area contributed by atoms with Crippen molar-refractivity contribution in [1.82, 2.24) is 0 Å². The molecule has 2 heterocycles. The monoisotopic (exact) mass is 684 g/mol. The van der Waals surface area contributed by atoms with Crippen molar-refractivity contribution < 1.29 is 33.3 Å². The second kappa shape index (κ2) is 16.9. The third kappa shape index (κ3) is 9.43. The number of ether oxygens (including phenoxy) is 5. The van der Waals surface area contributed by atoms with E-state index in [9.17, 15) is 9.59 Å². The van der Waals surface area contributed by atoms with Gasteiger partial charge in [0.05, 0.1) is 50.2 Å². The van der Waals surface area contributed by atoms with E-state index >= 15 is 0 Å². The van der Waals surface area contributed by atoms with Gasteiger partial charge in [0, 0.05) is 22.6 Å². The van der Waals surface area contributed by atoms with Gasteiger partial charge >= 0.3 is 11.9 Å². The molecule has 9 nitrogen and oxygen atoms in total. The van der Waals surface area contributed by atoms with Gasteiger partial charge in [-0.25, -0.2) is 4.79 Å². The van der Waals surface area contributed by atoms with Crippen molar-refractivity contribution in [2.45, 2.75) is 57.3 Å². The summed E-state index contributed by atoms with van der Waals surface area (Å²) in [6.45, 7) is 5.96. The Morgan fingerprint density at radius 1 is 1.00 bits per heavy atom. The SMILES string of the molecule is CC1=NC(COCC2COC(C)(C)O2)=C(C(=O)OCCC(c2ccccc2)c2ccccc2)C(c2cccc(Cl)c2)C1C(=O)OCCC#N. The lowest BCUT2D eigenvalue weighted by molar-refractivity contribution is -0.146. The first-order valence-corrected chi connectivity index (χ1v) is 16.8. The number of aliphatic imine (C=N–C) groups is 1. The van der Waals surface area contributed by atoms with Gasteiger partial charge in [-0.05, 0) is 56.0 Å². The maximum atomic E-state index is 14.3. The predicted octanol–water partition coefficient (Wildman–Crippen LogP) is 7.16. The Kier molecular flexibility index (Phi) is 12.4.